The van der Waals surface area contributed by atoms with Crippen molar-refractivity contribution < 1.29 is 4.74 Å². The van der Waals surface area contributed by atoms with E-state index in [4.69, 9.17) is 4.74 Å². The van der Waals surface area contributed by atoms with Gasteiger partial charge in [-0.15, -0.1) is 0 Å². The largest absolute Gasteiger partial charge is 0.493 e. The number of nitrogens with one attached hydrogen (secondary N) is 2. The van der Waals surface area contributed by atoms with Gasteiger partial charge in [-0.05, 0) is 42.7 Å². The number of aromatic amines is 2. The molecule has 0 amide bonds. The topological polar surface area (TPSA) is 40.8 Å². The molecule has 5 aromatic rings. The molecule has 0 bridgehead atoms. The quantitative estimate of drug-likeness (QED) is 0.384. The minimum atomic E-state index is -0.279. The van der Waals surface area contributed by atoms with Gasteiger partial charge >= 0.3 is 0 Å². The molecule has 3 heterocycles. The summed E-state index contributed by atoms with van der Waals surface area (Å²) in [5.74, 6) is 0.984. The van der Waals surface area contributed by atoms with E-state index in [-0.39, 0.29) is 5.41 Å². The van der Waals surface area contributed by atoms with Crippen LogP contribution in [0.4, 0.5) is 0 Å². The summed E-state index contributed by atoms with van der Waals surface area (Å²) in [6, 6.07) is 23.7. The number of para-hydroxylation sites is 2. The van der Waals surface area contributed by atoms with E-state index in [1.165, 1.54) is 44.1 Å². The first-order chi connectivity index (χ1) is 14.3. The van der Waals surface area contributed by atoms with Crippen LogP contribution < -0.4 is 4.74 Å². The van der Waals surface area contributed by atoms with Crippen molar-refractivity contribution in [3.63, 3.8) is 0 Å². The molecule has 1 aliphatic rings. The van der Waals surface area contributed by atoms with Crippen molar-refractivity contribution in [1.82, 2.24) is 9.97 Å². The number of ether oxygens (including phenoxy) is 1. The molecule has 0 fully saturated rings. The van der Waals surface area contributed by atoms with Crippen molar-refractivity contribution in [2.75, 3.05) is 6.61 Å². The highest BCUT2D eigenvalue weighted by Gasteiger charge is 2.44. The van der Waals surface area contributed by atoms with E-state index in [2.05, 4.69) is 96.0 Å². The highest BCUT2D eigenvalue weighted by molar-refractivity contribution is 5.91. The summed E-state index contributed by atoms with van der Waals surface area (Å²) < 4.78 is 6.13. The van der Waals surface area contributed by atoms with Gasteiger partial charge in [-0.3, -0.25) is 0 Å². The van der Waals surface area contributed by atoms with Crippen molar-refractivity contribution in [3.8, 4) is 5.75 Å². The van der Waals surface area contributed by atoms with E-state index < -0.39 is 0 Å². The van der Waals surface area contributed by atoms with E-state index in [0.717, 1.165) is 12.2 Å². The molecule has 3 heteroatoms. The van der Waals surface area contributed by atoms with Crippen LogP contribution in [0.1, 0.15) is 28.7 Å². The Kier molecular flexibility index (Phi) is 3.42. The molecular weight excluding hydrogens is 356 g/mol. The zero-order valence-corrected chi connectivity index (χ0v) is 16.3. The number of hydrogen-bond donors (Lipinski definition) is 2. The lowest BCUT2D eigenvalue weighted by atomic mass is 9.66. The van der Waals surface area contributed by atoms with Gasteiger partial charge in [0.2, 0.25) is 0 Å². The molecule has 0 saturated carbocycles. The Balaban J connectivity index is 1.77. The summed E-state index contributed by atoms with van der Waals surface area (Å²) in [6.45, 7) is 2.85. The number of benzene rings is 3. The van der Waals surface area contributed by atoms with Gasteiger partial charge in [-0.1, -0.05) is 54.1 Å². The third kappa shape index (κ3) is 2.24. The van der Waals surface area contributed by atoms with Crippen molar-refractivity contribution in [3.05, 3.63) is 101 Å². The Hall–Kier alpha value is -3.46. The van der Waals surface area contributed by atoms with E-state index in [0.29, 0.717) is 6.61 Å². The Morgan fingerprint density at radius 3 is 2.03 bits per heavy atom. The molecule has 0 aliphatic carbocycles. The molecule has 2 aromatic heterocycles. The Morgan fingerprint density at radius 1 is 0.759 bits per heavy atom. The van der Waals surface area contributed by atoms with Crippen molar-refractivity contribution in [1.29, 1.82) is 0 Å². The highest BCUT2D eigenvalue weighted by Crippen LogP contribution is 2.52. The van der Waals surface area contributed by atoms with Crippen LogP contribution in [0.5, 0.6) is 5.75 Å². The molecule has 1 aliphatic heterocycles. The third-order valence-corrected chi connectivity index (χ3v) is 6.43. The maximum absolute atomic E-state index is 6.13. The van der Waals surface area contributed by atoms with Crippen LogP contribution in [0, 0.1) is 6.92 Å². The summed E-state index contributed by atoms with van der Waals surface area (Å²) >= 11 is 0. The maximum atomic E-state index is 6.13. The zero-order chi connectivity index (χ0) is 19.4. The average molecular weight is 378 g/mol. The first-order valence-corrected chi connectivity index (χ1v) is 10.1. The summed E-state index contributed by atoms with van der Waals surface area (Å²) in [4.78, 5) is 7.03. The summed E-state index contributed by atoms with van der Waals surface area (Å²) in [7, 11) is 0. The second-order valence-electron chi connectivity index (χ2n) is 8.00. The Morgan fingerprint density at radius 2 is 1.38 bits per heavy atom. The first-order valence-electron chi connectivity index (χ1n) is 10.1. The molecule has 0 atom stereocenters. The first kappa shape index (κ1) is 16.5. The SMILES string of the molecule is Cc1ccc2c(c1)C(c1c[nH]c3ccccc13)(c1c[nH]c3ccccc13)CCO2. The van der Waals surface area contributed by atoms with Crippen LogP contribution in [0.15, 0.2) is 79.1 Å². The Bertz CT molecular complexity index is 1280. The van der Waals surface area contributed by atoms with Gasteiger partial charge in [0.25, 0.3) is 0 Å². The van der Waals surface area contributed by atoms with Crippen molar-refractivity contribution in [2.24, 2.45) is 0 Å². The maximum Gasteiger partial charge on any atom is 0.123 e. The minimum absolute atomic E-state index is 0.279. The number of fused-ring (bicyclic) bond motifs is 3. The van der Waals surface area contributed by atoms with Crippen LogP contribution in [0.3, 0.4) is 0 Å². The van der Waals surface area contributed by atoms with Crippen LogP contribution in [0.2, 0.25) is 0 Å². The molecule has 0 unspecified atom stereocenters. The predicted molar refractivity (Wildman–Crippen MR) is 118 cm³/mol. The summed E-state index contributed by atoms with van der Waals surface area (Å²) in [5, 5.41) is 2.54. The second-order valence-corrected chi connectivity index (χ2v) is 8.00. The fraction of sp³-hybridized carbons (Fsp3) is 0.154. The smallest absolute Gasteiger partial charge is 0.123 e. The fourth-order valence-electron chi connectivity index (χ4n) is 5.11. The molecule has 142 valence electrons. The number of aryl methyl sites for hydroxylation is 1. The molecular formula is C26H22N2O. The normalized spacial score (nSPS) is 15.3. The lowest BCUT2D eigenvalue weighted by Gasteiger charge is -2.39. The molecule has 2 N–H and O–H groups in total. The second kappa shape index (κ2) is 6.02. The van der Waals surface area contributed by atoms with Gasteiger partial charge in [0.05, 0.1) is 12.0 Å². The molecule has 3 aromatic carbocycles. The molecule has 3 nitrogen and oxygen atoms in total. The third-order valence-electron chi connectivity index (χ3n) is 6.43. The van der Waals surface area contributed by atoms with Crippen molar-refractivity contribution in [2.45, 2.75) is 18.8 Å². The van der Waals surface area contributed by atoms with E-state index in [1.54, 1.807) is 0 Å². The number of hydrogen-bond acceptors (Lipinski definition) is 1. The molecule has 29 heavy (non-hydrogen) atoms. The van der Waals surface area contributed by atoms with Gasteiger partial charge in [-0.25, -0.2) is 0 Å². The van der Waals surface area contributed by atoms with Crippen molar-refractivity contribution >= 4 is 21.8 Å². The summed E-state index contributed by atoms with van der Waals surface area (Å²) in [6.07, 6.45) is 5.29. The standard InChI is InChI=1S/C26H22N2O/c1-17-10-11-25-20(14-17)26(12-13-29-25,21-15-27-23-8-4-2-6-18(21)23)22-16-28-24-9-5-3-7-19(22)24/h2-11,14-16,27-28H,12-13H2,1H3. The Labute approximate surface area is 169 Å². The lowest BCUT2D eigenvalue weighted by molar-refractivity contribution is 0.253. The minimum Gasteiger partial charge on any atom is -0.493 e. The molecule has 0 saturated heterocycles. The predicted octanol–water partition coefficient (Wildman–Crippen LogP) is 6.07. The number of H-pyrrole nitrogens is 2. The number of aromatic nitrogens is 2. The van der Waals surface area contributed by atoms with Gasteiger partial charge < -0.3 is 14.7 Å². The van der Waals surface area contributed by atoms with Gasteiger partial charge in [-0.2, -0.15) is 0 Å². The fourth-order valence-corrected chi connectivity index (χ4v) is 5.11. The van der Waals surface area contributed by atoms with Gasteiger partial charge in [0, 0.05) is 39.8 Å². The van der Waals surface area contributed by atoms with E-state index in [9.17, 15) is 0 Å². The monoisotopic (exact) mass is 378 g/mol. The lowest BCUT2D eigenvalue weighted by Crippen LogP contribution is -2.35. The van der Waals surface area contributed by atoms with Crippen LogP contribution in [-0.4, -0.2) is 16.6 Å². The summed E-state index contributed by atoms with van der Waals surface area (Å²) in [5.41, 5.74) is 7.18. The highest BCUT2D eigenvalue weighted by atomic mass is 16.5. The molecule has 6 rings (SSSR count). The van der Waals surface area contributed by atoms with Crippen LogP contribution >= 0.6 is 0 Å². The molecule has 0 radical (unpaired) electrons. The number of rotatable bonds is 2. The van der Waals surface area contributed by atoms with Gasteiger partial charge in [0.15, 0.2) is 0 Å². The average Bonchev–Trinajstić information content (AvgIpc) is 3.38. The van der Waals surface area contributed by atoms with Crippen LogP contribution in [-0.2, 0) is 5.41 Å². The zero-order valence-electron chi connectivity index (χ0n) is 16.3. The molecule has 0 spiro atoms. The van der Waals surface area contributed by atoms with E-state index >= 15 is 0 Å². The van der Waals surface area contributed by atoms with Gasteiger partial charge in [0.1, 0.15) is 5.75 Å². The van der Waals surface area contributed by atoms with E-state index in [1.807, 2.05) is 0 Å². The van der Waals surface area contributed by atoms with Crippen LogP contribution in [0.25, 0.3) is 21.8 Å².